The van der Waals surface area contributed by atoms with E-state index in [-0.39, 0.29) is 16.8 Å². The van der Waals surface area contributed by atoms with Crippen molar-refractivity contribution in [3.8, 4) is 0 Å². The van der Waals surface area contributed by atoms with Gasteiger partial charge in [0.1, 0.15) is 16.8 Å². The third-order valence-electron chi connectivity index (χ3n) is 6.88. The van der Waals surface area contributed by atoms with Crippen LogP contribution in [0, 0.1) is 6.92 Å². The number of benzene rings is 3. The Labute approximate surface area is 215 Å². The Morgan fingerprint density at radius 3 is 1.91 bits per heavy atom. The summed E-state index contributed by atoms with van der Waals surface area (Å²) in [6.07, 6.45) is 0. The zero-order valence-corrected chi connectivity index (χ0v) is 20.9. The van der Waals surface area contributed by atoms with Gasteiger partial charge in [0, 0.05) is 16.1 Å². The average molecular weight is 507 g/mol. The number of hydrogen-bond donors (Lipinski definition) is 1. The minimum atomic E-state index is -0.502. The number of nitrogens with zero attached hydrogens (tertiary/aromatic N) is 2. The number of imide groups is 1. The number of rotatable bonds is 5. The van der Waals surface area contributed by atoms with Crippen molar-refractivity contribution in [3.05, 3.63) is 111 Å². The van der Waals surface area contributed by atoms with E-state index in [9.17, 15) is 9.59 Å². The van der Waals surface area contributed by atoms with Crippen LogP contribution in [0.5, 0.6) is 0 Å². The highest BCUT2D eigenvalue weighted by molar-refractivity contribution is 6.52. The van der Waals surface area contributed by atoms with Gasteiger partial charge < -0.3 is 9.80 Å². The van der Waals surface area contributed by atoms with Gasteiger partial charge in [-0.1, -0.05) is 89.9 Å². The number of quaternary nitrogens is 1. The number of anilines is 1. The van der Waals surface area contributed by atoms with Gasteiger partial charge in [0.15, 0.2) is 0 Å². The van der Waals surface area contributed by atoms with Crippen LogP contribution in [0.2, 0.25) is 5.02 Å². The summed E-state index contributed by atoms with van der Waals surface area (Å²) in [4.78, 5) is 31.0. The lowest BCUT2D eigenvalue weighted by Gasteiger charge is -2.38. The monoisotopic (exact) mass is 506 g/mol. The van der Waals surface area contributed by atoms with Crippen molar-refractivity contribution >= 4 is 40.7 Å². The number of piperazine rings is 1. The molecule has 2 aliphatic heterocycles. The molecule has 2 heterocycles. The number of nitrogens with one attached hydrogen (secondary N) is 1. The van der Waals surface area contributed by atoms with Crippen LogP contribution in [0.3, 0.4) is 0 Å². The molecule has 1 fully saturated rings. The second-order valence-corrected chi connectivity index (χ2v) is 9.68. The quantitative estimate of drug-likeness (QED) is 0.532. The molecule has 0 aromatic heterocycles. The SMILES string of the molecule is Cc1c(Cl)cccc1N1C(=O)C(Cl)=C(N2CC[NH+](C(c3ccccc3)c3ccccc3)CC2)C1=O. The minimum absolute atomic E-state index is 0.0273. The molecule has 3 aromatic carbocycles. The van der Waals surface area contributed by atoms with E-state index in [1.165, 1.54) is 16.0 Å². The van der Waals surface area contributed by atoms with Crippen LogP contribution in [0.15, 0.2) is 89.6 Å². The van der Waals surface area contributed by atoms with Crippen LogP contribution in [-0.4, -0.2) is 42.9 Å². The van der Waals surface area contributed by atoms with Gasteiger partial charge in [0.25, 0.3) is 11.8 Å². The van der Waals surface area contributed by atoms with Gasteiger partial charge in [-0.3, -0.25) is 9.59 Å². The fourth-order valence-electron chi connectivity index (χ4n) is 5.08. The molecule has 0 aliphatic carbocycles. The largest absolute Gasteiger partial charge is 0.354 e. The van der Waals surface area contributed by atoms with E-state index >= 15 is 0 Å². The van der Waals surface area contributed by atoms with Crippen molar-refractivity contribution in [1.82, 2.24) is 4.90 Å². The smallest absolute Gasteiger partial charge is 0.283 e. The Bertz CT molecular complexity index is 1250. The normalized spacial score (nSPS) is 17.1. The molecule has 2 aliphatic rings. The second kappa shape index (κ2) is 9.86. The number of amides is 2. The Hall–Kier alpha value is -3.12. The number of carbonyl (C=O) groups is 2. The summed E-state index contributed by atoms with van der Waals surface area (Å²) in [7, 11) is 0. The predicted octanol–water partition coefficient (Wildman–Crippen LogP) is 3.96. The van der Waals surface area contributed by atoms with Gasteiger partial charge >= 0.3 is 0 Å². The van der Waals surface area contributed by atoms with E-state index in [0.717, 1.165) is 18.0 Å². The van der Waals surface area contributed by atoms with Crippen LogP contribution in [0.25, 0.3) is 0 Å². The highest BCUT2D eigenvalue weighted by atomic mass is 35.5. The topological polar surface area (TPSA) is 45.1 Å². The molecule has 0 atom stereocenters. The van der Waals surface area contributed by atoms with Crippen LogP contribution in [-0.2, 0) is 9.59 Å². The molecule has 7 heteroatoms. The lowest BCUT2D eigenvalue weighted by Crippen LogP contribution is -3.15. The van der Waals surface area contributed by atoms with Gasteiger partial charge in [-0.15, -0.1) is 0 Å². The molecule has 1 N–H and O–H groups in total. The summed E-state index contributed by atoms with van der Waals surface area (Å²) in [6.45, 7) is 4.65. The maximum absolute atomic E-state index is 13.4. The zero-order valence-electron chi connectivity index (χ0n) is 19.4. The summed E-state index contributed by atoms with van der Waals surface area (Å²) in [5, 5.41) is 0.471. The van der Waals surface area contributed by atoms with Crippen molar-refractivity contribution in [2.75, 3.05) is 31.1 Å². The summed E-state index contributed by atoms with van der Waals surface area (Å²) < 4.78 is 0. The van der Waals surface area contributed by atoms with Crippen molar-refractivity contribution in [1.29, 1.82) is 0 Å². The number of hydrogen-bond acceptors (Lipinski definition) is 3. The summed E-state index contributed by atoms with van der Waals surface area (Å²) in [5.74, 6) is -0.894. The van der Waals surface area contributed by atoms with Crippen molar-refractivity contribution < 1.29 is 14.5 Å². The molecule has 0 bridgehead atoms. The second-order valence-electron chi connectivity index (χ2n) is 8.89. The third kappa shape index (κ3) is 4.36. The Morgan fingerprint density at radius 1 is 0.771 bits per heavy atom. The highest BCUT2D eigenvalue weighted by Crippen LogP contribution is 2.35. The molecule has 178 valence electrons. The number of carbonyl (C=O) groups excluding carboxylic acids is 2. The lowest BCUT2D eigenvalue weighted by molar-refractivity contribution is -0.929. The van der Waals surface area contributed by atoms with Crippen molar-refractivity contribution in [2.24, 2.45) is 0 Å². The first-order valence-electron chi connectivity index (χ1n) is 11.7. The standard InChI is InChI=1S/C28H25Cl2N3O2/c1-19-22(29)13-8-14-23(19)33-27(34)24(30)26(28(33)35)32-17-15-31(16-18-32)25(20-9-4-2-5-10-20)21-11-6-3-7-12-21/h2-14,25H,15-18H2,1H3/p+1. The van der Waals surface area contributed by atoms with Crippen molar-refractivity contribution in [3.63, 3.8) is 0 Å². The molecule has 0 radical (unpaired) electrons. The Morgan fingerprint density at radius 2 is 1.34 bits per heavy atom. The summed E-state index contributed by atoms with van der Waals surface area (Å²) in [6, 6.07) is 26.4. The molecule has 2 amide bonds. The molecule has 5 rings (SSSR count). The van der Waals surface area contributed by atoms with Crippen LogP contribution in [0.4, 0.5) is 5.69 Å². The van der Waals surface area contributed by atoms with Gasteiger partial charge in [-0.2, -0.15) is 0 Å². The van der Waals surface area contributed by atoms with E-state index in [4.69, 9.17) is 23.2 Å². The lowest BCUT2D eigenvalue weighted by atomic mass is 9.96. The van der Waals surface area contributed by atoms with E-state index in [1.54, 1.807) is 25.1 Å². The molecule has 35 heavy (non-hydrogen) atoms. The van der Waals surface area contributed by atoms with Gasteiger partial charge in [0.2, 0.25) is 0 Å². The van der Waals surface area contributed by atoms with E-state index in [1.807, 2.05) is 17.0 Å². The summed E-state index contributed by atoms with van der Waals surface area (Å²) in [5.41, 5.74) is 3.94. The third-order valence-corrected chi connectivity index (χ3v) is 7.63. The molecule has 0 spiro atoms. The average Bonchev–Trinajstić information content (AvgIpc) is 3.11. The molecule has 3 aromatic rings. The molecule has 0 unspecified atom stereocenters. The maximum Gasteiger partial charge on any atom is 0.283 e. The molecule has 1 saturated heterocycles. The van der Waals surface area contributed by atoms with Crippen LogP contribution in [0.1, 0.15) is 22.7 Å². The fraction of sp³-hybridized carbons (Fsp3) is 0.214. The zero-order chi connectivity index (χ0) is 24.5. The number of halogens is 2. The maximum atomic E-state index is 13.4. The molecular formula is C28H26Cl2N3O2+. The van der Waals surface area contributed by atoms with E-state index < -0.39 is 11.8 Å². The van der Waals surface area contributed by atoms with Gasteiger partial charge in [-0.25, -0.2) is 4.90 Å². The minimum Gasteiger partial charge on any atom is -0.354 e. The first-order chi connectivity index (χ1) is 17.0. The first-order valence-corrected chi connectivity index (χ1v) is 12.5. The first kappa shape index (κ1) is 23.6. The molecule has 0 saturated carbocycles. The molecule has 5 nitrogen and oxygen atoms in total. The Kier molecular flexibility index (Phi) is 6.65. The summed E-state index contributed by atoms with van der Waals surface area (Å²) >= 11 is 12.7. The van der Waals surface area contributed by atoms with E-state index in [2.05, 4.69) is 48.5 Å². The highest BCUT2D eigenvalue weighted by Gasteiger charge is 2.43. The van der Waals surface area contributed by atoms with Crippen molar-refractivity contribution in [2.45, 2.75) is 13.0 Å². The predicted molar refractivity (Wildman–Crippen MR) is 139 cm³/mol. The van der Waals surface area contributed by atoms with E-state index in [0.29, 0.717) is 29.4 Å². The van der Waals surface area contributed by atoms with Crippen LogP contribution >= 0.6 is 23.2 Å². The van der Waals surface area contributed by atoms with Gasteiger partial charge in [0.05, 0.1) is 31.9 Å². The molecular weight excluding hydrogens is 481 g/mol. The fourth-order valence-corrected chi connectivity index (χ4v) is 5.54. The van der Waals surface area contributed by atoms with Crippen LogP contribution < -0.4 is 9.80 Å². The Balaban J connectivity index is 1.37. The van der Waals surface area contributed by atoms with Gasteiger partial charge in [-0.05, 0) is 24.6 Å².